The summed E-state index contributed by atoms with van der Waals surface area (Å²) in [5.41, 5.74) is 2.15. The van der Waals surface area contributed by atoms with E-state index in [0.29, 0.717) is 41.3 Å². The van der Waals surface area contributed by atoms with Gasteiger partial charge in [-0.3, -0.25) is 9.59 Å². The third-order valence-corrected chi connectivity index (χ3v) is 10.3. The van der Waals surface area contributed by atoms with Gasteiger partial charge in [0.1, 0.15) is 29.7 Å². The molecule has 11 heteroatoms. The average Bonchev–Trinajstić information content (AvgIpc) is 3.56. The largest absolute Gasteiger partial charge is 0.497 e. The number of alkyl carbamates (subject to hydrolysis) is 1. The number of nitrogens with zero attached hydrogens (tertiary/aromatic N) is 3. The van der Waals surface area contributed by atoms with Gasteiger partial charge in [-0.15, -0.1) is 0 Å². The van der Waals surface area contributed by atoms with E-state index < -0.39 is 30.2 Å². The number of carbonyl (C=O) groups excluding carboxylic acids is 3. The maximum atomic E-state index is 14.2. The molecule has 2 unspecified atom stereocenters. The number of rotatable bonds is 5. The van der Waals surface area contributed by atoms with Crippen molar-refractivity contribution in [2.24, 2.45) is 29.6 Å². The van der Waals surface area contributed by atoms with E-state index in [-0.39, 0.29) is 36.9 Å². The quantitative estimate of drug-likeness (QED) is 0.518. The number of amides is 2. The van der Waals surface area contributed by atoms with Crippen molar-refractivity contribution >= 4 is 28.8 Å². The number of nitrogens with one attached hydrogen (secondary N) is 1. The van der Waals surface area contributed by atoms with Gasteiger partial charge in [-0.25, -0.2) is 14.8 Å². The summed E-state index contributed by atoms with van der Waals surface area (Å²) in [6.45, 7) is 5.59. The van der Waals surface area contributed by atoms with E-state index in [2.05, 4.69) is 5.32 Å². The van der Waals surface area contributed by atoms with E-state index >= 15 is 0 Å². The first kappa shape index (κ1) is 31.5. The molecular formula is C34H46N4O7. The number of Topliss-reactive ketones (excluding diaryl/α,β-unsaturated/α-hetero) is 1. The summed E-state index contributed by atoms with van der Waals surface area (Å²) < 4.78 is 23.6. The van der Waals surface area contributed by atoms with Gasteiger partial charge < -0.3 is 29.2 Å². The number of benzene rings is 1. The summed E-state index contributed by atoms with van der Waals surface area (Å²) in [5, 5.41) is 2.88. The van der Waals surface area contributed by atoms with Crippen molar-refractivity contribution in [3.8, 4) is 11.6 Å². The molecule has 0 spiro atoms. The lowest BCUT2D eigenvalue weighted by atomic mass is 9.93. The van der Waals surface area contributed by atoms with Crippen LogP contribution in [0.4, 0.5) is 4.79 Å². The standard InChI is InChI=1S/C34H46N4O7/c1-18(2)30-33(40)38-16-29(24(17-42-4)31(38)19(3)39)44-32-26(35-25-12-11-21(43-5)15-27(25)36-32)10-8-6-7-9-22-23-13-20(23)14-28(22)45-34(41)37-30/h11-12,15,18,20,22-24,28-31H,6-10,13-14,16-17H2,1-5H3,(H,37,41)/t20?,22-,23?,24-,28-,29+,30+,31-/m1/s1. The monoisotopic (exact) mass is 622 g/mol. The molecule has 1 aromatic heterocycles. The first-order valence-corrected chi connectivity index (χ1v) is 16.5. The SMILES string of the molecule is COC[C@@H]1[C@@H]2CN(C(=O)[C@H](C(C)C)NC(=O)O[C@@H]3CC4CC4[C@H]3CCCCCc3nc4ccc(OC)cc4nc3O2)[C@@H]1C(C)=O. The molecule has 11 nitrogen and oxygen atoms in total. The van der Waals surface area contributed by atoms with E-state index in [1.807, 2.05) is 32.0 Å². The minimum atomic E-state index is -0.863. The fraction of sp³-hybridized carbons (Fsp3) is 0.676. The number of fused-ring (bicyclic) bond motifs is 7. The first-order valence-electron chi connectivity index (χ1n) is 16.5. The predicted molar refractivity (Wildman–Crippen MR) is 166 cm³/mol. The number of carbonyl (C=O) groups is 3. The zero-order chi connectivity index (χ0) is 31.8. The van der Waals surface area contributed by atoms with Crippen molar-refractivity contribution in [3.05, 3.63) is 23.9 Å². The molecule has 8 atom stereocenters. The smallest absolute Gasteiger partial charge is 0.408 e. The van der Waals surface area contributed by atoms with Gasteiger partial charge in [0, 0.05) is 19.1 Å². The molecule has 0 radical (unpaired) electrons. The van der Waals surface area contributed by atoms with Gasteiger partial charge in [0.2, 0.25) is 11.8 Å². The molecule has 2 aliphatic heterocycles. The number of aromatic nitrogens is 2. The zero-order valence-corrected chi connectivity index (χ0v) is 27.0. The molecule has 1 saturated heterocycles. The van der Waals surface area contributed by atoms with Crippen LogP contribution in [0.3, 0.4) is 0 Å². The van der Waals surface area contributed by atoms with Crippen LogP contribution < -0.4 is 14.8 Å². The fourth-order valence-electron chi connectivity index (χ4n) is 7.91. The second-order valence-electron chi connectivity index (χ2n) is 13.6. The van der Waals surface area contributed by atoms with Crippen LogP contribution in [-0.2, 0) is 25.5 Å². The Morgan fingerprint density at radius 1 is 1.04 bits per heavy atom. The van der Waals surface area contributed by atoms with Gasteiger partial charge in [0.25, 0.3) is 0 Å². The molecule has 2 aliphatic carbocycles. The van der Waals surface area contributed by atoms with Crippen molar-refractivity contribution in [2.45, 2.75) is 90.0 Å². The van der Waals surface area contributed by atoms with Crippen LogP contribution in [-0.4, -0.2) is 84.3 Å². The highest BCUT2D eigenvalue weighted by Crippen LogP contribution is 2.57. The second kappa shape index (κ2) is 13.1. The molecular weight excluding hydrogens is 576 g/mol. The summed E-state index contributed by atoms with van der Waals surface area (Å²) in [5.74, 6) is 1.48. The van der Waals surface area contributed by atoms with Crippen molar-refractivity contribution < 1.29 is 33.3 Å². The Balaban J connectivity index is 1.37. The minimum Gasteiger partial charge on any atom is -0.497 e. The van der Waals surface area contributed by atoms with Gasteiger partial charge >= 0.3 is 6.09 Å². The Labute approximate surface area is 264 Å². The van der Waals surface area contributed by atoms with Crippen LogP contribution in [0.25, 0.3) is 11.0 Å². The molecule has 2 bridgehead atoms. The molecule has 1 aromatic carbocycles. The lowest BCUT2D eigenvalue weighted by Crippen LogP contribution is -2.55. The number of aryl methyl sites for hydroxylation is 1. The topological polar surface area (TPSA) is 129 Å². The normalized spacial score (nSPS) is 32.0. The minimum absolute atomic E-state index is 0.133. The van der Waals surface area contributed by atoms with E-state index in [4.69, 9.17) is 28.9 Å². The predicted octanol–water partition coefficient (Wildman–Crippen LogP) is 4.34. The van der Waals surface area contributed by atoms with Gasteiger partial charge in [-0.05, 0) is 74.8 Å². The van der Waals surface area contributed by atoms with Gasteiger partial charge in [0.15, 0.2) is 5.78 Å². The third-order valence-electron chi connectivity index (χ3n) is 10.3. The number of hydrogen-bond acceptors (Lipinski definition) is 9. The molecule has 3 fully saturated rings. The number of methoxy groups -OCH3 is 2. The van der Waals surface area contributed by atoms with Crippen LogP contribution >= 0.6 is 0 Å². The molecule has 3 heterocycles. The van der Waals surface area contributed by atoms with E-state index in [1.54, 1.807) is 19.1 Å². The van der Waals surface area contributed by atoms with Crippen LogP contribution in [0.2, 0.25) is 0 Å². The van der Waals surface area contributed by atoms with Gasteiger partial charge in [-0.1, -0.05) is 26.7 Å². The Morgan fingerprint density at radius 3 is 2.60 bits per heavy atom. The highest BCUT2D eigenvalue weighted by Gasteiger charge is 2.55. The maximum absolute atomic E-state index is 14.2. The molecule has 2 amide bonds. The van der Waals surface area contributed by atoms with Crippen molar-refractivity contribution in [1.29, 1.82) is 0 Å². The zero-order valence-electron chi connectivity index (χ0n) is 27.0. The summed E-state index contributed by atoms with van der Waals surface area (Å²) in [4.78, 5) is 52.0. The van der Waals surface area contributed by atoms with Gasteiger partial charge in [-0.2, -0.15) is 0 Å². The Kier molecular flexibility index (Phi) is 9.17. The van der Waals surface area contributed by atoms with Crippen LogP contribution in [0.15, 0.2) is 18.2 Å². The Morgan fingerprint density at radius 2 is 1.87 bits per heavy atom. The van der Waals surface area contributed by atoms with Crippen molar-refractivity contribution in [2.75, 3.05) is 27.4 Å². The first-order chi connectivity index (χ1) is 21.7. The second-order valence-corrected chi connectivity index (χ2v) is 13.6. The van der Waals surface area contributed by atoms with E-state index in [0.717, 1.165) is 43.3 Å². The van der Waals surface area contributed by atoms with Crippen molar-refractivity contribution in [1.82, 2.24) is 20.2 Å². The summed E-state index contributed by atoms with van der Waals surface area (Å²) in [6, 6.07) is 3.95. The van der Waals surface area contributed by atoms with Gasteiger partial charge in [0.05, 0.1) is 37.3 Å². The average molecular weight is 623 g/mol. The van der Waals surface area contributed by atoms with Crippen LogP contribution in [0.5, 0.6) is 11.6 Å². The number of ketones is 1. The Bertz CT molecular complexity index is 1430. The van der Waals surface area contributed by atoms with Crippen molar-refractivity contribution in [3.63, 3.8) is 0 Å². The molecule has 45 heavy (non-hydrogen) atoms. The summed E-state index contributed by atoms with van der Waals surface area (Å²) >= 11 is 0. The molecule has 2 saturated carbocycles. The molecule has 244 valence electrons. The third kappa shape index (κ3) is 6.46. The maximum Gasteiger partial charge on any atom is 0.408 e. The number of hydrogen-bond donors (Lipinski definition) is 1. The number of ether oxygens (including phenoxy) is 4. The molecule has 2 aromatic rings. The van der Waals surface area contributed by atoms with Crippen LogP contribution in [0, 0.1) is 29.6 Å². The highest BCUT2D eigenvalue weighted by atomic mass is 16.6. The fourth-order valence-corrected chi connectivity index (χ4v) is 7.91. The highest BCUT2D eigenvalue weighted by molar-refractivity contribution is 5.92. The van der Waals surface area contributed by atoms with E-state index in [1.165, 1.54) is 13.3 Å². The van der Waals surface area contributed by atoms with E-state index in [9.17, 15) is 14.4 Å². The summed E-state index contributed by atoms with van der Waals surface area (Å²) in [6.07, 6.45) is 5.46. The molecule has 1 N–H and O–H groups in total. The summed E-state index contributed by atoms with van der Waals surface area (Å²) in [7, 11) is 3.18. The molecule has 4 aliphatic rings. The van der Waals surface area contributed by atoms with Crippen LogP contribution in [0.1, 0.15) is 65.0 Å². The lowest BCUT2D eigenvalue weighted by Gasteiger charge is -2.31. The molecule has 6 rings (SSSR count). The Hall–Kier alpha value is -3.47. The lowest BCUT2D eigenvalue weighted by molar-refractivity contribution is -0.140.